The number of halogens is 1. The summed E-state index contributed by atoms with van der Waals surface area (Å²) < 4.78 is 12.4. The molecule has 0 atom stereocenters. The van der Waals surface area contributed by atoms with Gasteiger partial charge < -0.3 is 0 Å². The van der Waals surface area contributed by atoms with Gasteiger partial charge in [0.2, 0.25) is 0 Å². The van der Waals surface area contributed by atoms with Gasteiger partial charge in [-0.15, -0.1) is 0 Å². The highest BCUT2D eigenvalue weighted by atomic mass is 19.1. The van der Waals surface area contributed by atoms with Gasteiger partial charge in [0.1, 0.15) is 5.83 Å². The first-order chi connectivity index (χ1) is 4.95. The summed E-state index contributed by atoms with van der Waals surface area (Å²) in [7, 11) is 0. The maximum absolute atomic E-state index is 12.4. The Kier molecular flexibility index (Phi) is 3.80. The van der Waals surface area contributed by atoms with E-state index in [9.17, 15) is 4.39 Å². The molecule has 0 aromatic heterocycles. The minimum Gasteiger partial charge on any atom is -0.208 e. The second-order valence-corrected chi connectivity index (χ2v) is 2.98. The zero-order valence-electron chi connectivity index (χ0n) is 7.45. The van der Waals surface area contributed by atoms with Crippen molar-refractivity contribution in [2.45, 2.75) is 20.8 Å². The van der Waals surface area contributed by atoms with E-state index in [-0.39, 0.29) is 0 Å². The van der Waals surface area contributed by atoms with Crippen molar-refractivity contribution >= 4 is 0 Å². The van der Waals surface area contributed by atoms with Crippen LogP contribution in [0.15, 0.2) is 36.2 Å². The van der Waals surface area contributed by atoms with Gasteiger partial charge in [-0.05, 0) is 24.5 Å². The molecule has 0 saturated heterocycles. The molecule has 0 N–H and O–H groups in total. The predicted molar refractivity (Wildman–Crippen MR) is 48.0 cm³/mol. The van der Waals surface area contributed by atoms with Gasteiger partial charge in [-0.2, -0.15) is 0 Å². The average molecular weight is 154 g/mol. The van der Waals surface area contributed by atoms with E-state index < -0.39 is 5.83 Å². The Balaban J connectivity index is 4.60. The van der Waals surface area contributed by atoms with E-state index in [1.165, 1.54) is 6.08 Å². The Labute approximate surface area is 68.1 Å². The lowest BCUT2D eigenvalue weighted by Gasteiger charge is -2.09. The van der Waals surface area contributed by atoms with Crippen LogP contribution < -0.4 is 0 Å². The zero-order valence-corrected chi connectivity index (χ0v) is 7.45. The van der Waals surface area contributed by atoms with E-state index >= 15 is 0 Å². The molecule has 0 heterocycles. The summed E-state index contributed by atoms with van der Waals surface area (Å²) in [4.78, 5) is 0. The fourth-order valence-electron chi connectivity index (χ4n) is 0.951. The van der Waals surface area contributed by atoms with Crippen LogP contribution in [0.1, 0.15) is 20.8 Å². The van der Waals surface area contributed by atoms with Crippen LogP contribution in [-0.2, 0) is 0 Å². The van der Waals surface area contributed by atoms with Gasteiger partial charge in [0.25, 0.3) is 0 Å². The fraction of sp³-hybridized carbons (Fsp3) is 0.400. The quantitative estimate of drug-likeness (QED) is 0.544. The van der Waals surface area contributed by atoms with Crippen molar-refractivity contribution in [1.82, 2.24) is 0 Å². The molecule has 0 aromatic rings. The third-order valence-electron chi connectivity index (χ3n) is 1.43. The Morgan fingerprint density at radius 2 is 1.82 bits per heavy atom. The van der Waals surface area contributed by atoms with Crippen molar-refractivity contribution in [1.29, 1.82) is 0 Å². The fourth-order valence-corrected chi connectivity index (χ4v) is 0.951. The van der Waals surface area contributed by atoms with Crippen LogP contribution in [0.4, 0.5) is 4.39 Å². The molecule has 0 saturated carbocycles. The first-order valence-electron chi connectivity index (χ1n) is 3.67. The Hall–Kier alpha value is -0.850. The number of hydrogen-bond donors (Lipinski definition) is 0. The van der Waals surface area contributed by atoms with Gasteiger partial charge in [0.15, 0.2) is 0 Å². The lowest BCUT2D eigenvalue weighted by atomic mass is 9.97. The van der Waals surface area contributed by atoms with Gasteiger partial charge in [0.05, 0.1) is 0 Å². The zero-order chi connectivity index (χ0) is 9.02. The lowest BCUT2D eigenvalue weighted by Crippen LogP contribution is -1.94. The molecule has 0 rings (SSSR count). The van der Waals surface area contributed by atoms with Crippen molar-refractivity contribution < 1.29 is 4.39 Å². The monoisotopic (exact) mass is 154 g/mol. The molecule has 0 bridgehead atoms. The van der Waals surface area contributed by atoms with Crippen molar-refractivity contribution in [3.63, 3.8) is 0 Å². The molecule has 0 aliphatic heterocycles. The van der Waals surface area contributed by atoms with Crippen LogP contribution in [0.5, 0.6) is 0 Å². The highest BCUT2D eigenvalue weighted by Gasteiger charge is 2.03. The molecular weight excluding hydrogens is 139 g/mol. The highest BCUT2D eigenvalue weighted by molar-refractivity contribution is 5.32. The van der Waals surface area contributed by atoms with E-state index in [0.717, 1.165) is 11.1 Å². The number of hydrogen-bond acceptors (Lipinski definition) is 0. The highest BCUT2D eigenvalue weighted by Crippen LogP contribution is 2.19. The van der Waals surface area contributed by atoms with Crippen LogP contribution in [0.2, 0.25) is 0 Å². The minimum atomic E-state index is -0.406. The first kappa shape index (κ1) is 10.2. The lowest BCUT2D eigenvalue weighted by molar-refractivity contribution is 0.662. The van der Waals surface area contributed by atoms with Crippen molar-refractivity contribution in [2.24, 2.45) is 5.92 Å². The topological polar surface area (TPSA) is 0 Å². The molecule has 0 amide bonds. The third-order valence-corrected chi connectivity index (χ3v) is 1.43. The molecule has 0 fully saturated rings. The normalized spacial score (nSPS) is 11.9. The minimum absolute atomic E-state index is 0.306. The van der Waals surface area contributed by atoms with Crippen LogP contribution in [0.25, 0.3) is 0 Å². The molecule has 0 aliphatic rings. The summed E-state index contributed by atoms with van der Waals surface area (Å²) in [5.74, 6) is -0.100. The third kappa shape index (κ3) is 3.76. The molecule has 11 heavy (non-hydrogen) atoms. The first-order valence-corrected chi connectivity index (χ1v) is 3.67. The van der Waals surface area contributed by atoms with E-state index in [1.54, 1.807) is 0 Å². The van der Waals surface area contributed by atoms with Gasteiger partial charge in [-0.25, -0.2) is 4.39 Å². The maximum atomic E-state index is 12.4. The molecule has 0 radical (unpaired) electrons. The van der Waals surface area contributed by atoms with Crippen molar-refractivity contribution in [2.75, 3.05) is 0 Å². The molecule has 0 aliphatic carbocycles. The van der Waals surface area contributed by atoms with E-state index in [0.29, 0.717) is 5.92 Å². The predicted octanol–water partition coefficient (Wildman–Crippen LogP) is 3.63. The van der Waals surface area contributed by atoms with Gasteiger partial charge in [-0.1, -0.05) is 32.6 Å². The SMILES string of the molecule is C=C(F)/C=C(\C(=C)C)C(C)C. The van der Waals surface area contributed by atoms with Crippen LogP contribution in [-0.4, -0.2) is 0 Å². The summed E-state index contributed by atoms with van der Waals surface area (Å²) in [6, 6.07) is 0. The van der Waals surface area contributed by atoms with Gasteiger partial charge >= 0.3 is 0 Å². The second-order valence-electron chi connectivity index (χ2n) is 2.98. The van der Waals surface area contributed by atoms with E-state index in [1.807, 2.05) is 20.8 Å². The standard InChI is InChI=1S/C10H15F/c1-7(2)10(8(3)4)6-9(5)11/h6,8H,1,5H2,2-4H3/b10-6+. The molecule has 62 valence electrons. The summed E-state index contributed by atoms with van der Waals surface area (Å²) in [6.45, 7) is 12.8. The number of allylic oxidation sites excluding steroid dienone is 4. The van der Waals surface area contributed by atoms with Crippen LogP contribution in [0.3, 0.4) is 0 Å². The Morgan fingerprint density at radius 3 is 1.91 bits per heavy atom. The number of rotatable bonds is 3. The molecule has 0 aromatic carbocycles. The molecule has 0 spiro atoms. The van der Waals surface area contributed by atoms with Crippen molar-refractivity contribution in [3.05, 3.63) is 36.2 Å². The average Bonchev–Trinajstić information content (AvgIpc) is 1.81. The summed E-state index contributed by atoms with van der Waals surface area (Å²) >= 11 is 0. The maximum Gasteiger partial charge on any atom is 0.116 e. The van der Waals surface area contributed by atoms with Gasteiger partial charge in [-0.3, -0.25) is 0 Å². The summed E-state index contributed by atoms with van der Waals surface area (Å²) in [6.07, 6.45) is 1.44. The Morgan fingerprint density at radius 1 is 1.36 bits per heavy atom. The second kappa shape index (κ2) is 4.12. The molecule has 0 nitrogen and oxygen atoms in total. The molecule has 0 unspecified atom stereocenters. The van der Waals surface area contributed by atoms with Crippen LogP contribution in [0, 0.1) is 5.92 Å². The largest absolute Gasteiger partial charge is 0.208 e. The summed E-state index contributed by atoms with van der Waals surface area (Å²) in [5, 5.41) is 0. The van der Waals surface area contributed by atoms with E-state index in [4.69, 9.17) is 0 Å². The van der Waals surface area contributed by atoms with Crippen molar-refractivity contribution in [3.8, 4) is 0 Å². The molecule has 1 heteroatoms. The van der Waals surface area contributed by atoms with Gasteiger partial charge in [0, 0.05) is 0 Å². The van der Waals surface area contributed by atoms with E-state index in [2.05, 4.69) is 13.2 Å². The smallest absolute Gasteiger partial charge is 0.116 e. The van der Waals surface area contributed by atoms with Crippen LogP contribution >= 0.6 is 0 Å². The molecular formula is C10H15F. The Bertz CT molecular complexity index is 197. The summed E-state index contributed by atoms with van der Waals surface area (Å²) in [5.41, 5.74) is 1.83.